The molecule has 0 fully saturated rings. The number of carbonyl (C=O) groups is 4. The van der Waals surface area contributed by atoms with Crippen LogP contribution in [0.4, 0.5) is 0 Å². The van der Waals surface area contributed by atoms with Gasteiger partial charge < -0.3 is 16.2 Å². The first-order valence-electron chi connectivity index (χ1n) is 5.81. The van der Waals surface area contributed by atoms with Crippen LogP contribution in [-0.2, 0) is 23.9 Å². The number of esters is 1. The summed E-state index contributed by atoms with van der Waals surface area (Å²) in [6, 6.07) is 0. The molecule has 0 aromatic rings. The summed E-state index contributed by atoms with van der Waals surface area (Å²) in [5.74, 6) is -2.10. The summed E-state index contributed by atoms with van der Waals surface area (Å²) in [6.45, 7) is 1.27. The van der Waals surface area contributed by atoms with E-state index < -0.39 is 17.8 Å². The van der Waals surface area contributed by atoms with Crippen molar-refractivity contribution in [3.8, 4) is 0 Å². The van der Waals surface area contributed by atoms with Crippen LogP contribution in [0.2, 0.25) is 0 Å². The van der Waals surface area contributed by atoms with E-state index in [1.54, 1.807) is 6.92 Å². The number of carbonyl (C=O) groups excluding carboxylic acids is 4. The van der Waals surface area contributed by atoms with E-state index in [0.717, 1.165) is 0 Å². The van der Waals surface area contributed by atoms with Crippen molar-refractivity contribution in [1.82, 2.24) is 4.90 Å². The molecular weight excluding hydrogens is 254 g/mol. The molecule has 0 bridgehead atoms. The number of nitrogens with zero attached hydrogens (tertiary/aromatic N) is 1. The summed E-state index contributed by atoms with van der Waals surface area (Å²) in [7, 11) is 0. The number of hydrogen-bond acceptors (Lipinski definition) is 6. The van der Waals surface area contributed by atoms with Crippen LogP contribution in [0, 0.1) is 0 Å². The molecule has 0 radical (unpaired) electrons. The minimum Gasteiger partial charge on any atom is -0.466 e. The number of primary amides is 2. The van der Waals surface area contributed by atoms with Gasteiger partial charge in [0.15, 0.2) is 0 Å². The number of nitrogens with two attached hydrogens (primary N) is 2. The highest BCUT2D eigenvalue weighted by Gasteiger charge is 2.16. The molecule has 0 aromatic carbocycles. The Morgan fingerprint density at radius 2 is 1.47 bits per heavy atom. The SMILES string of the molecule is CCOC(=O)CCC(=O)CN(CC(N)=O)CC(N)=O. The summed E-state index contributed by atoms with van der Waals surface area (Å²) in [5.41, 5.74) is 9.98. The molecule has 2 amide bonds. The average Bonchev–Trinajstić information content (AvgIpc) is 2.24. The van der Waals surface area contributed by atoms with E-state index >= 15 is 0 Å². The third-order valence-corrected chi connectivity index (χ3v) is 2.07. The number of Topliss-reactive ketones (excluding diaryl/α,β-unsaturated/α-hetero) is 1. The molecular formula is C11H19N3O5. The Labute approximate surface area is 111 Å². The molecule has 0 aromatic heterocycles. The van der Waals surface area contributed by atoms with Gasteiger partial charge in [0, 0.05) is 6.42 Å². The van der Waals surface area contributed by atoms with Crippen molar-refractivity contribution in [3.63, 3.8) is 0 Å². The summed E-state index contributed by atoms with van der Waals surface area (Å²) < 4.78 is 4.67. The van der Waals surface area contributed by atoms with Gasteiger partial charge in [-0.1, -0.05) is 0 Å². The lowest BCUT2D eigenvalue weighted by molar-refractivity contribution is -0.144. The van der Waals surface area contributed by atoms with Gasteiger partial charge in [-0.15, -0.1) is 0 Å². The Hall–Kier alpha value is -1.96. The van der Waals surface area contributed by atoms with E-state index in [4.69, 9.17) is 11.5 Å². The maximum atomic E-state index is 11.6. The second kappa shape index (κ2) is 9.03. The smallest absolute Gasteiger partial charge is 0.306 e. The standard InChI is InChI=1S/C11H19N3O5/c1-2-19-11(18)4-3-8(15)5-14(6-9(12)16)7-10(13)17/h2-7H2,1H3,(H2,12,16)(H2,13,17). The van der Waals surface area contributed by atoms with Gasteiger partial charge in [0.1, 0.15) is 5.78 Å². The predicted octanol–water partition coefficient (Wildman–Crippen LogP) is -1.83. The first-order valence-corrected chi connectivity index (χ1v) is 5.81. The second-order valence-corrected chi connectivity index (χ2v) is 3.92. The first kappa shape index (κ1) is 17.0. The highest BCUT2D eigenvalue weighted by atomic mass is 16.5. The Morgan fingerprint density at radius 1 is 0.947 bits per heavy atom. The third-order valence-electron chi connectivity index (χ3n) is 2.07. The molecule has 0 saturated carbocycles. The van der Waals surface area contributed by atoms with Gasteiger partial charge in [0.2, 0.25) is 11.8 Å². The lowest BCUT2D eigenvalue weighted by atomic mass is 10.2. The number of ether oxygens (including phenoxy) is 1. The first-order chi connectivity index (χ1) is 8.85. The number of amides is 2. The van der Waals surface area contributed by atoms with Crippen molar-refractivity contribution in [2.75, 3.05) is 26.2 Å². The fraction of sp³-hybridized carbons (Fsp3) is 0.636. The number of hydrogen-bond donors (Lipinski definition) is 2. The highest BCUT2D eigenvalue weighted by molar-refractivity contribution is 5.86. The quantitative estimate of drug-likeness (QED) is 0.450. The zero-order valence-electron chi connectivity index (χ0n) is 10.9. The van der Waals surface area contributed by atoms with Crippen LogP contribution in [0.15, 0.2) is 0 Å². The molecule has 0 aliphatic heterocycles. The fourth-order valence-corrected chi connectivity index (χ4v) is 1.41. The zero-order chi connectivity index (χ0) is 14.8. The van der Waals surface area contributed by atoms with Gasteiger partial charge in [0.25, 0.3) is 0 Å². The van der Waals surface area contributed by atoms with Gasteiger partial charge in [-0.25, -0.2) is 0 Å². The predicted molar refractivity (Wildman–Crippen MR) is 65.7 cm³/mol. The van der Waals surface area contributed by atoms with Crippen LogP contribution < -0.4 is 11.5 Å². The molecule has 0 aliphatic rings. The van der Waals surface area contributed by atoms with Crippen LogP contribution in [0.1, 0.15) is 19.8 Å². The minimum atomic E-state index is -0.667. The Bertz CT molecular complexity index is 340. The summed E-state index contributed by atoms with van der Waals surface area (Å²) in [4.78, 5) is 45.4. The molecule has 8 nitrogen and oxygen atoms in total. The topological polar surface area (TPSA) is 133 Å². The fourth-order valence-electron chi connectivity index (χ4n) is 1.41. The molecule has 0 heterocycles. The van der Waals surface area contributed by atoms with Gasteiger partial charge in [-0.3, -0.25) is 24.1 Å². The molecule has 0 saturated heterocycles. The van der Waals surface area contributed by atoms with Gasteiger partial charge in [0.05, 0.1) is 32.7 Å². The summed E-state index contributed by atoms with van der Waals surface area (Å²) in [6.07, 6.45) is -0.0550. The lowest BCUT2D eigenvalue weighted by Crippen LogP contribution is -2.42. The monoisotopic (exact) mass is 273 g/mol. The number of rotatable bonds is 10. The van der Waals surface area contributed by atoms with Crippen LogP contribution in [-0.4, -0.2) is 54.7 Å². The number of ketones is 1. The Morgan fingerprint density at radius 3 is 1.89 bits per heavy atom. The zero-order valence-corrected chi connectivity index (χ0v) is 10.9. The van der Waals surface area contributed by atoms with Crippen LogP contribution in [0.25, 0.3) is 0 Å². The third kappa shape index (κ3) is 9.72. The minimum absolute atomic E-state index is 0.0210. The van der Waals surface area contributed by atoms with Crippen LogP contribution in [0.5, 0.6) is 0 Å². The highest BCUT2D eigenvalue weighted by Crippen LogP contribution is 1.97. The van der Waals surface area contributed by atoms with E-state index in [0.29, 0.717) is 0 Å². The molecule has 0 atom stereocenters. The molecule has 8 heteroatoms. The van der Waals surface area contributed by atoms with Crippen molar-refractivity contribution >= 4 is 23.6 Å². The molecule has 0 unspecified atom stereocenters. The van der Waals surface area contributed by atoms with E-state index in [9.17, 15) is 19.2 Å². The molecule has 0 spiro atoms. The second-order valence-electron chi connectivity index (χ2n) is 3.92. The van der Waals surface area contributed by atoms with Crippen molar-refractivity contribution in [2.24, 2.45) is 11.5 Å². The van der Waals surface area contributed by atoms with Gasteiger partial charge >= 0.3 is 5.97 Å². The van der Waals surface area contributed by atoms with Gasteiger partial charge in [-0.05, 0) is 6.92 Å². The molecule has 19 heavy (non-hydrogen) atoms. The summed E-state index contributed by atoms with van der Waals surface area (Å²) >= 11 is 0. The van der Waals surface area contributed by atoms with Crippen LogP contribution >= 0.6 is 0 Å². The Balaban J connectivity index is 4.18. The largest absolute Gasteiger partial charge is 0.466 e. The van der Waals surface area contributed by atoms with Crippen molar-refractivity contribution in [1.29, 1.82) is 0 Å². The van der Waals surface area contributed by atoms with Crippen molar-refractivity contribution in [2.45, 2.75) is 19.8 Å². The van der Waals surface area contributed by atoms with Crippen LogP contribution in [0.3, 0.4) is 0 Å². The molecule has 4 N–H and O–H groups in total. The van der Waals surface area contributed by atoms with E-state index in [-0.39, 0.29) is 44.9 Å². The van der Waals surface area contributed by atoms with E-state index in [2.05, 4.69) is 4.74 Å². The van der Waals surface area contributed by atoms with Crippen molar-refractivity contribution in [3.05, 3.63) is 0 Å². The van der Waals surface area contributed by atoms with E-state index in [1.165, 1.54) is 4.90 Å². The van der Waals surface area contributed by atoms with Gasteiger partial charge in [-0.2, -0.15) is 0 Å². The summed E-state index contributed by atoms with van der Waals surface area (Å²) in [5, 5.41) is 0. The molecule has 0 rings (SSSR count). The van der Waals surface area contributed by atoms with E-state index in [1.807, 2.05) is 0 Å². The lowest BCUT2D eigenvalue weighted by Gasteiger charge is -2.17. The molecule has 108 valence electrons. The normalized spacial score (nSPS) is 10.2. The average molecular weight is 273 g/mol. The maximum Gasteiger partial charge on any atom is 0.306 e. The molecule has 0 aliphatic carbocycles. The maximum absolute atomic E-state index is 11.6. The Kier molecular flexibility index (Phi) is 8.10. The van der Waals surface area contributed by atoms with Crippen molar-refractivity contribution < 1.29 is 23.9 Å².